The van der Waals surface area contributed by atoms with Crippen molar-refractivity contribution in [1.29, 1.82) is 0 Å². The molecule has 0 aliphatic rings. The molecule has 2 aromatic heterocycles. The number of carbonyl (C=O) groups is 1. The van der Waals surface area contributed by atoms with Crippen molar-refractivity contribution >= 4 is 29.2 Å². The molecule has 166 valence electrons. The van der Waals surface area contributed by atoms with Crippen LogP contribution < -0.4 is 15.8 Å². The monoisotopic (exact) mass is 456 g/mol. The van der Waals surface area contributed by atoms with E-state index in [0.717, 1.165) is 21.6 Å². The van der Waals surface area contributed by atoms with E-state index < -0.39 is 0 Å². The van der Waals surface area contributed by atoms with Crippen molar-refractivity contribution in [2.24, 2.45) is 0 Å². The molecule has 1 atom stereocenters. The second-order valence-electron chi connectivity index (χ2n) is 7.42. The Morgan fingerprint density at radius 2 is 1.88 bits per heavy atom. The molecule has 0 unspecified atom stereocenters. The highest BCUT2D eigenvalue weighted by atomic mass is 32.2. The number of amides is 1. The molecule has 7 heteroatoms. The second-order valence-corrected chi connectivity index (χ2v) is 8.30. The number of nitrogens with two attached hydrogens (primary N) is 1. The van der Waals surface area contributed by atoms with Crippen molar-refractivity contribution < 1.29 is 9.53 Å². The molecule has 0 saturated heterocycles. The molecule has 33 heavy (non-hydrogen) atoms. The number of nitrogens with one attached hydrogen (secondary N) is 1. The maximum atomic E-state index is 12.7. The predicted molar refractivity (Wildman–Crippen MR) is 134 cm³/mol. The van der Waals surface area contributed by atoms with Gasteiger partial charge in [-0.1, -0.05) is 24.3 Å². The Morgan fingerprint density at radius 1 is 1.03 bits per heavy atom. The lowest BCUT2D eigenvalue weighted by Gasteiger charge is -2.18. The summed E-state index contributed by atoms with van der Waals surface area (Å²) >= 11 is 1.60. The van der Waals surface area contributed by atoms with Crippen molar-refractivity contribution in [2.45, 2.75) is 17.9 Å². The van der Waals surface area contributed by atoms with E-state index >= 15 is 0 Å². The molecule has 0 radical (unpaired) electrons. The van der Waals surface area contributed by atoms with Gasteiger partial charge >= 0.3 is 0 Å². The molecule has 4 aromatic rings. The Bertz CT molecular complexity index is 1260. The third-order valence-electron chi connectivity index (χ3n) is 5.13. The van der Waals surface area contributed by atoms with Crippen LogP contribution in [0.1, 0.15) is 28.9 Å². The first kappa shape index (κ1) is 22.4. The van der Waals surface area contributed by atoms with E-state index in [1.165, 1.54) is 0 Å². The molecule has 1 amide bonds. The zero-order valence-electron chi connectivity index (χ0n) is 18.4. The standard InChI is InChI=1S/C26H24N4O2S/c1-17(32-24-14-21(16-29-25(24)27)20-8-5-11-28-15-20)18-6-3-9-22(12-18)30-26(31)19-7-4-10-23(13-19)33-2/h3-17H,1-2H3,(H2,27,29)(H,30,31)/t17-/m1/s1. The molecular formula is C26H24N4O2S. The van der Waals surface area contributed by atoms with Crippen LogP contribution in [0.4, 0.5) is 11.5 Å². The molecule has 0 spiro atoms. The van der Waals surface area contributed by atoms with Crippen LogP contribution in [-0.4, -0.2) is 22.1 Å². The van der Waals surface area contributed by atoms with E-state index in [0.29, 0.717) is 22.8 Å². The van der Waals surface area contributed by atoms with Gasteiger partial charge in [-0.2, -0.15) is 0 Å². The molecule has 6 nitrogen and oxygen atoms in total. The normalized spacial score (nSPS) is 11.6. The lowest BCUT2D eigenvalue weighted by atomic mass is 10.1. The smallest absolute Gasteiger partial charge is 0.255 e. The number of aromatic nitrogens is 2. The number of pyridine rings is 2. The molecule has 3 N–H and O–H groups in total. The van der Waals surface area contributed by atoms with Gasteiger partial charge in [-0.25, -0.2) is 4.98 Å². The summed E-state index contributed by atoms with van der Waals surface area (Å²) in [5, 5.41) is 2.96. The van der Waals surface area contributed by atoms with Gasteiger partial charge in [0.2, 0.25) is 0 Å². The number of rotatable bonds is 7. The third-order valence-corrected chi connectivity index (χ3v) is 5.85. The summed E-state index contributed by atoms with van der Waals surface area (Å²) in [6.45, 7) is 1.93. The van der Waals surface area contributed by atoms with Crippen LogP contribution in [-0.2, 0) is 0 Å². The van der Waals surface area contributed by atoms with Crippen molar-refractivity contribution in [3.05, 3.63) is 96.4 Å². The van der Waals surface area contributed by atoms with Crippen LogP contribution in [0.15, 0.2) is 90.2 Å². The Morgan fingerprint density at radius 3 is 2.67 bits per heavy atom. The number of nitrogens with zero attached hydrogens (tertiary/aromatic N) is 2. The molecule has 0 fully saturated rings. The predicted octanol–water partition coefficient (Wildman–Crippen LogP) is 5.84. The quantitative estimate of drug-likeness (QED) is 0.340. The Hall–Kier alpha value is -3.84. The van der Waals surface area contributed by atoms with Crippen LogP contribution >= 0.6 is 11.8 Å². The zero-order chi connectivity index (χ0) is 23.2. The fourth-order valence-electron chi connectivity index (χ4n) is 3.34. The van der Waals surface area contributed by atoms with Gasteiger partial charge in [-0.3, -0.25) is 9.78 Å². The lowest BCUT2D eigenvalue weighted by molar-refractivity contribution is 0.102. The summed E-state index contributed by atoms with van der Waals surface area (Å²) in [5.41, 5.74) is 10.1. The maximum absolute atomic E-state index is 12.7. The number of hydrogen-bond acceptors (Lipinski definition) is 6. The van der Waals surface area contributed by atoms with Crippen molar-refractivity contribution in [2.75, 3.05) is 17.3 Å². The minimum absolute atomic E-state index is 0.158. The molecule has 0 saturated carbocycles. The molecule has 0 bridgehead atoms. The molecule has 2 heterocycles. The van der Waals surface area contributed by atoms with E-state index in [9.17, 15) is 4.79 Å². The number of nitrogen functional groups attached to an aromatic ring is 1. The first-order valence-corrected chi connectivity index (χ1v) is 11.6. The van der Waals surface area contributed by atoms with Gasteiger partial charge in [0.25, 0.3) is 5.91 Å². The summed E-state index contributed by atoms with van der Waals surface area (Å²) in [7, 11) is 0. The summed E-state index contributed by atoms with van der Waals surface area (Å²) in [5.74, 6) is 0.647. The van der Waals surface area contributed by atoms with Crippen molar-refractivity contribution in [3.63, 3.8) is 0 Å². The van der Waals surface area contributed by atoms with Crippen molar-refractivity contribution in [3.8, 4) is 16.9 Å². The first-order valence-electron chi connectivity index (χ1n) is 10.4. The van der Waals surface area contributed by atoms with Gasteiger partial charge in [0, 0.05) is 45.9 Å². The molecule has 4 rings (SSSR count). The summed E-state index contributed by atoms with van der Waals surface area (Å²) in [4.78, 5) is 22.2. The molecule has 0 aliphatic carbocycles. The van der Waals surface area contributed by atoms with E-state index in [-0.39, 0.29) is 12.0 Å². The van der Waals surface area contributed by atoms with E-state index in [2.05, 4.69) is 15.3 Å². The van der Waals surface area contributed by atoms with Crippen LogP contribution in [0.3, 0.4) is 0 Å². The Kier molecular flexibility index (Phi) is 6.90. The minimum atomic E-state index is -0.310. The number of benzene rings is 2. The van der Waals surface area contributed by atoms with Crippen LogP contribution in [0, 0.1) is 0 Å². The number of anilines is 2. The number of ether oxygens (including phenoxy) is 1. The first-order chi connectivity index (χ1) is 16.0. The zero-order valence-corrected chi connectivity index (χ0v) is 19.2. The van der Waals surface area contributed by atoms with Gasteiger partial charge in [0.15, 0.2) is 11.6 Å². The van der Waals surface area contributed by atoms with Gasteiger partial charge in [0.1, 0.15) is 6.10 Å². The Labute approximate surface area is 197 Å². The van der Waals surface area contributed by atoms with Crippen molar-refractivity contribution in [1.82, 2.24) is 9.97 Å². The van der Waals surface area contributed by atoms with Gasteiger partial charge in [-0.15, -0.1) is 11.8 Å². The van der Waals surface area contributed by atoms with Crippen LogP contribution in [0.5, 0.6) is 5.75 Å². The van der Waals surface area contributed by atoms with E-state index in [1.54, 1.807) is 36.4 Å². The van der Waals surface area contributed by atoms with E-state index in [4.69, 9.17) is 10.5 Å². The summed E-state index contributed by atoms with van der Waals surface area (Å²) in [6, 6.07) is 20.8. The lowest BCUT2D eigenvalue weighted by Crippen LogP contribution is -2.12. The fraction of sp³-hybridized carbons (Fsp3) is 0.115. The summed E-state index contributed by atoms with van der Waals surface area (Å²) in [6.07, 6.45) is 6.86. The average molecular weight is 457 g/mol. The highest BCUT2D eigenvalue weighted by molar-refractivity contribution is 7.98. The van der Waals surface area contributed by atoms with E-state index in [1.807, 2.05) is 73.8 Å². The van der Waals surface area contributed by atoms with Crippen LogP contribution in [0.2, 0.25) is 0 Å². The SMILES string of the molecule is CSc1cccc(C(=O)Nc2cccc([C@@H](C)Oc3cc(-c4cccnc4)cnc3N)c2)c1. The fourth-order valence-corrected chi connectivity index (χ4v) is 3.80. The molecule has 0 aliphatic heterocycles. The highest BCUT2D eigenvalue weighted by Crippen LogP contribution is 2.31. The van der Waals surface area contributed by atoms with Gasteiger partial charge in [0.05, 0.1) is 0 Å². The number of hydrogen-bond donors (Lipinski definition) is 2. The average Bonchev–Trinajstić information content (AvgIpc) is 2.86. The molecule has 2 aromatic carbocycles. The minimum Gasteiger partial charge on any atom is -0.482 e. The second kappa shape index (κ2) is 10.2. The number of carbonyl (C=O) groups excluding carboxylic acids is 1. The highest BCUT2D eigenvalue weighted by Gasteiger charge is 2.14. The Balaban J connectivity index is 1.50. The number of thioether (sulfide) groups is 1. The van der Waals surface area contributed by atoms with Crippen LogP contribution in [0.25, 0.3) is 11.1 Å². The third kappa shape index (κ3) is 5.51. The van der Waals surface area contributed by atoms with Gasteiger partial charge < -0.3 is 15.8 Å². The molecular weight excluding hydrogens is 432 g/mol. The summed E-state index contributed by atoms with van der Waals surface area (Å²) < 4.78 is 6.14. The van der Waals surface area contributed by atoms with Gasteiger partial charge in [-0.05, 0) is 61.2 Å². The maximum Gasteiger partial charge on any atom is 0.255 e. The largest absolute Gasteiger partial charge is 0.482 e. The topological polar surface area (TPSA) is 90.1 Å².